The highest BCUT2D eigenvalue weighted by atomic mass is 19.4. The SMILES string of the molecule is CN(C)[C@H]1C[C@@]23CC[C@@]4(O2)C(=C(C(F)(F)F)C[C@]2(C)C(c5cccc6ccncc56)=CCC24)C=C3[C@@H](O)[C@@H]1O. The van der Waals surface area contributed by atoms with Crippen molar-refractivity contribution in [1.82, 2.24) is 9.88 Å². The van der Waals surface area contributed by atoms with Crippen molar-refractivity contribution >= 4 is 16.3 Å². The molecule has 39 heavy (non-hydrogen) atoms. The third-order valence-corrected chi connectivity index (χ3v) is 10.5. The van der Waals surface area contributed by atoms with Gasteiger partial charge in [-0.05, 0) is 79.9 Å². The van der Waals surface area contributed by atoms with E-state index in [1.165, 1.54) is 0 Å². The number of fused-ring (bicyclic) bond motifs is 2. The standard InChI is InChI=1S/C31H33F3N2O3/c1-28-14-23(31(32,33)34)21-13-22-26(37)27(38)24(36(2)3)15-29(22)10-11-30(21,39-29)25(28)8-7-20(28)18-6-4-5-17-9-12-35-16-19(17)18/h4-7,9,12-13,16,24-27,37-38H,8,10-11,14-15H2,1-3H3/t24-,25?,26+,27+,28+,29+,30+/m0/s1. The molecule has 2 aliphatic heterocycles. The van der Waals surface area contributed by atoms with Crippen LogP contribution in [-0.2, 0) is 4.74 Å². The molecule has 2 fully saturated rings. The van der Waals surface area contributed by atoms with Crippen molar-refractivity contribution in [2.45, 2.75) is 74.7 Å². The maximum absolute atomic E-state index is 14.9. The summed E-state index contributed by atoms with van der Waals surface area (Å²) in [5, 5.41) is 24.0. The van der Waals surface area contributed by atoms with Gasteiger partial charge in [0.25, 0.3) is 0 Å². The van der Waals surface area contributed by atoms with E-state index in [-0.39, 0.29) is 24.0 Å². The Morgan fingerprint density at radius 2 is 1.92 bits per heavy atom. The second-order valence-corrected chi connectivity index (χ2v) is 12.5. The maximum atomic E-state index is 14.9. The number of aliphatic hydroxyl groups excluding tert-OH is 2. The number of benzene rings is 1. The number of hydrogen-bond donors (Lipinski definition) is 2. The van der Waals surface area contributed by atoms with Gasteiger partial charge >= 0.3 is 6.18 Å². The number of nitrogens with zero attached hydrogens (tertiary/aromatic N) is 2. The van der Waals surface area contributed by atoms with Gasteiger partial charge in [0.15, 0.2) is 0 Å². The molecule has 7 rings (SSSR count). The van der Waals surface area contributed by atoms with E-state index in [0.717, 1.165) is 21.9 Å². The molecular weight excluding hydrogens is 505 g/mol. The molecule has 2 aromatic rings. The van der Waals surface area contributed by atoms with Gasteiger partial charge in [0.05, 0.1) is 17.3 Å². The summed E-state index contributed by atoms with van der Waals surface area (Å²) in [5.41, 5.74) is -0.978. The number of halogens is 3. The third-order valence-electron chi connectivity index (χ3n) is 10.5. The van der Waals surface area contributed by atoms with E-state index in [1.807, 2.05) is 50.2 Å². The minimum absolute atomic E-state index is 0.157. The summed E-state index contributed by atoms with van der Waals surface area (Å²) in [6.07, 6.45) is 2.11. The molecule has 5 aliphatic rings. The molecule has 2 N–H and O–H groups in total. The Labute approximate surface area is 225 Å². The van der Waals surface area contributed by atoms with E-state index in [4.69, 9.17) is 4.74 Å². The van der Waals surface area contributed by atoms with E-state index in [2.05, 4.69) is 11.1 Å². The van der Waals surface area contributed by atoms with Crippen molar-refractivity contribution in [1.29, 1.82) is 0 Å². The zero-order valence-electron chi connectivity index (χ0n) is 22.3. The first kappa shape index (κ1) is 25.4. The molecule has 0 amide bonds. The molecule has 1 unspecified atom stereocenters. The van der Waals surface area contributed by atoms with E-state index in [1.54, 1.807) is 18.5 Å². The third kappa shape index (κ3) is 3.26. The quantitative estimate of drug-likeness (QED) is 0.551. The lowest BCUT2D eigenvalue weighted by Crippen LogP contribution is -2.62. The van der Waals surface area contributed by atoms with Crippen LogP contribution in [-0.4, -0.2) is 69.8 Å². The van der Waals surface area contributed by atoms with Gasteiger partial charge in [-0.2, -0.15) is 13.2 Å². The first-order chi connectivity index (χ1) is 18.4. The average molecular weight is 539 g/mol. The number of likely N-dealkylation sites (N-methyl/N-ethyl adjacent to an activating group) is 1. The molecule has 3 heterocycles. The maximum Gasteiger partial charge on any atom is 0.413 e. The molecule has 206 valence electrons. The lowest BCUT2D eigenvalue weighted by Gasteiger charge is -2.57. The fourth-order valence-corrected chi connectivity index (χ4v) is 8.69. The number of hydrogen-bond acceptors (Lipinski definition) is 5. The van der Waals surface area contributed by atoms with E-state index >= 15 is 0 Å². The summed E-state index contributed by atoms with van der Waals surface area (Å²) in [6.45, 7) is 1.97. The number of alkyl halides is 3. The van der Waals surface area contributed by atoms with Crippen LogP contribution in [0.25, 0.3) is 16.3 Å². The van der Waals surface area contributed by atoms with Gasteiger partial charge in [0, 0.05) is 40.7 Å². The minimum Gasteiger partial charge on any atom is -0.388 e. The van der Waals surface area contributed by atoms with Gasteiger partial charge in [-0.3, -0.25) is 4.98 Å². The molecule has 1 saturated heterocycles. The predicted molar refractivity (Wildman–Crippen MR) is 142 cm³/mol. The van der Waals surface area contributed by atoms with Crippen LogP contribution in [0.3, 0.4) is 0 Å². The highest BCUT2D eigenvalue weighted by Gasteiger charge is 2.69. The van der Waals surface area contributed by atoms with Crippen LogP contribution in [0, 0.1) is 11.3 Å². The van der Waals surface area contributed by atoms with Crippen LogP contribution in [0.1, 0.15) is 44.6 Å². The zero-order chi connectivity index (χ0) is 27.5. The Morgan fingerprint density at radius 3 is 2.67 bits per heavy atom. The van der Waals surface area contributed by atoms with Crippen molar-refractivity contribution in [2.24, 2.45) is 11.3 Å². The molecule has 7 atom stereocenters. The summed E-state index contributed by atoms with van der Waals surface area (Å²) in [4.78, 5) is 6.18. The van der Waals surface area contributed by atoms with Crippen molar-refractivity contribution < 1.29 is 28.1 Å². The van der Waals surface area contributed by atoms with E-state index < -0.39 is 40.6 Å². The predicted octanol–water partition coefficient (Wildman–Crippen LogP) is 5.19. The molecule has 5 nitrogen and oxygen atoms in total. The van der Waals surface area contributed by atoms with E-state index in [0.29, 0.717) is 31.3 Å². The Balaban J connectivity index is 1.42. The summed E-state index contributed by atoms with van der Waals surface area (Å²) in [6, 6.07) is 7.50. The molecular formula is C31H33F3N2O3. The molecule has 3 aliphatic carbocycles. The second kappa shape index (κ2) is 8.03. The number of aliphatic hydroxyl groups is 2. The molecule has 8 heteroatoms. The van der Waals surface area contributed by atoms with Crippen LogP contribution in [0.2, 0.25) is 0 Å². The Morgan fingerprint density at radius 1 is 1.13 bits per heavy atom. The van der Waals surface area contributed by atoms with Crippen molar-refractivity contribution in [3.05, 3.63) is 71.1 Å². The lowest BCUT2D eigenvalue weighted by molar-refractivity contribution is -0.170. The molecule has 2 bridgehead atoms. The van der Waals surface area contributed by atoms with Crippen molar-refractivity contribution in [2.75, 3.05) is 14.1 Å². The van der Waals surface area contributed by atoms with Gasteiger partial charge < -0.3 is 19.8 Å². The number of aromatic nitrogens is 1. The average Bonchev–Trinajstić information content (AvgIpc) is 3.40. The monoisotopic (exact) mass is 538 g/mol. The zero-order valence-corrected chi connectivity index (χ0v) is 22.3. The summed E-state index contributed by atoms with van der Waals surface area (Å²) in [7, 11) is 3.69. The molecule has 1 aromatic heterocycles. The molecule has 0 radical (unpaired) electrons. The van der Waals surface area contributed by atoms with Gasteiger partial charge in [-0.1, -0.05) is 37.3 Å². The Hall–Kier alpha value is -2.52. The van der Waals surface area contributed by atoms with Gasteiger partial charge in [-0.25, -0.2) is 0 Å². The highest BCUT2D eigenvalue weighted by Crippen LogP contribution is 2.70. The van der Waals surface area contributed by atoms with Crippen molar-refractivity contribution in [3.8, 4) is 0 Å². The first-order valence-electron chi connectivity index (χ1n) is 13.7. The normalized spacial score (nSPS) is 39.4. The molecule has 2 spiro atoms. The highest BCUT2D eigenvalue weighted by molar-refractivity contribution is 5.95. The molecule has 1 aromatic carbocycles. The Kier molecular flexibility index (Phi) is 5.24. The van der Waals surface area contributed by atoms with E-state index in [9.17, 15) is 23.4 Å². The number of pyridine rings is 1. The first-order valence-corrected chi connectivity index (χ1v) is 13.7. The number of ether oxygens (including phenoxy) is 1. The summed E-state index contributed by atoms with van der Waals surface area (Å²) >= 11 is 0. The lowest BCUT2D eigenvalue weighted by atomic mass is 9.56. The Bertz CT molecular complexity index is 1470. The fraction of sp³-hybridized carbons (Fsp3) is 0.516. The topological polar surface area (TPSA) is 65.8 Å². The van der Waals surface area contributed by atoms with Crippen LogP contribution in [0.4, 0.5) is 13.2 Å². The van der Waals surface area contributed by atoms with Crippen LogP contribution in [0.5, 0.6) is 0 Å². The van der Waals surface area contributed by atoms with Crippen LogP contribution >= 0.6 is 0 Å². The fourth-order valence-electron chi connectivity index (χ4n) is 8.69. The summed E-state index contributed by atoms with van der Waals surface area (Å²) < 4.78 is 51.7. The van der Waals surface area contributed by atoms with Gasteiger partial charge in [0.1, 0.15) is 6.10 Å². The van der Waals surface area contributed by atoms with Gasteiger partial charge in [-0.15, -0.1) is 0 Å². The summed E-state index contributed by atoms with van der Waals surface area (Å²) in [5.74, 6) is -0.188. The minimum atomic E-state index is -4.56. The van der Waals surface area contributed by atoms with Gasteiger partial charge in [0.2, 0.25) is 0 Å². The number of rotatable bonds is 2. The smallest absolute Gasteiger partial charge is 0.388 e. The second-order valence-electron chi connectivity index (χ2n) is 12.5. The largest absolute Gasteiger partial charge is 0.413 e. The van der Waals surface area contributed by atoms with Crippen LogP contribution < -0.4 is 0 Å². The van der Waals surface area contributed by atoms with Crippen molar-refractivity contribution in [3.63, 3.8) is 0 Å². The molecule has 1 saturated carbocycles. The van der Waals surface area contributed by atoms with Crippen LogP contribution in [0.15, 0.2) is 65.5 Å². The number of allylic oxidation sites excluding steroid dienone is 3.